The summed E-state index contributed by atoms with van der Waals surface area (Å²) in [6, 6.07) is 7.85. The van der Waals surface area contributed by atoms with Gasteiger partial charge in [0.2, 0.25) is 0 Å². The minimum Gasteiger partial charge on any atom is -0.493 e. The maximum absolute atomic E-state index is 6.53. The first-order valence-corrected chi connectivity index (χ1v) is 7.73. The lowest BCUT2D eigenvalue weighted by molar-refractivity contribution is 0.354. The average Bonchev–Trinajstić information content (AvgIpc) is 2.77. The highest BCUT2D eigenvalue weighted by molar-refractivity contribution is 9.11. The second kappa shape index (κ2) is 6.16. The number of ether oxygens (including phenoxy) is 2. The van der Waals surface area contributed by atoms with Crippen molar-refractivity contribution in [3.63, 3.8) is 0 Å². The smallest absolute Gasteiger partial charge is 0.161 e. The molecule has 0 radical (unpaired) electrons. The largest absolute Gasteiger partial charge is 0.493 e. The second-order valence-electron chi connectivity index (χ2n) is 4.08. The number of hydrogen-bond donors (Lipinski definition) is 0. The van der Waals surface area contributed by atoms with Gasteiger partial charge in [0.25, 0.3) is 0 Å². The van der Waals surface area contributed by atoms with Crippen molar-refractivity contribution in [3.8, 4) is 11.5 Å². The molecular weight excluding hydrogens is 348 g/mol. The fourth-order valence-electron chi connectivity index (χ4n) is 1.78. The van der Waals surface area contributed by atoms with Gasteiger partial charge in [-0.1, -0.05) is 6.07 Å². The summed E-state index contributed by atoms with van der Waals surface area (Å²) >= 11 is 11.7. The standard InChI is InChI=1S/C14H14BrClO2S/c1-8-6-12(19-14(8)15)13(16)9-4-5-10(17-2)11(7-9)18-3/h4-7,13H,1-3H3. The van der Waals surface area contributed by atoms with Gasteiger partial charge in [0.05, 0.1) is 23.4 Å². The fraction of sp³-hybridized carbons (Fsp3) is 0.286. The summed E-state index contributed by atoms with van der Waals surface area (Å²) in [5.74, 6) is 1.40. The van der Waals surface area contributed by atoms with Crippen molar-refractivity contribution >= 4 is 38.9 Å². The predicted molar refractivity (Wildman–Crippen MR) is 84.0 cm³/mol. The maximum atomic E-state index is 6.53. The van der Waals surface area contributed by atoms with Crippen molar-refractivity contribution in [1.82, 2.24) is 0 Å². The van der Waals surface area contributed by atoms with E-state index in [-0.39, 0.29) is 5.38 Å². The van der Waals surface area contributed by atoms with E-state index in [1.54, 1.807) is 25.6 Å². The Morgan fingerprint density at radius 1 is 1.16 bits per heavy atom. The van der Waals surface area contributed by atoms with E-state index in [1.165, 1.54) is 5.56 Å². The molecule has 2 nitrogen and oxygen atoms in total. The van der Waals surface area contributed by atoms with Crippen molar-refractivity contribution in [2.75, 3.05) is 14.2 Å². The average molecular weight is 362 g/mol. The molecule has 1 aromatic heterocycles. The number of rotatable bonds is 4. The van der Waals surface area contributed by atoms with Crippen LogP contribution in [-0.4, -0.2) is 14.2 Å². The third-order valence-electron chi connectivity index (χ3n) is 2.83. The first kappa shape index (κ1) is 14.7. The van der Waals surface area contributed by atoms with E-state index in [9.17, 15) is 0 Å². The van der Waals surface area contributed by atoms with Crippen LogP contribution in [0.25, 0.3) is 0 Å². The van der Waals surface area contributed by atoms with Crippen LogP contribution in [0.3, 0.4) is 0 Å². The summed E-state index contributed by atoms with van der Waals surface area (Å²) in [6.45, 7) is 2.06. The van der Waals surface area contributed by atoms with E-state index in [4.69, 9.17) is 21.1 Å². The molecule has 0 bridgehead atoms. The highest BCUT2D eigenvalue weighted by atomic mass is 79.9. The summed E-state index contributed by atoms with van der Waals surface area (Å²) in [5, 5.41) is -0.185. The van der Waals surface area contributed by atoms with Crippen molar-refractivity contribution < 1.29 is 9.47 Å². The van der Waals surface area contributed by atoms with Gasteiger partial charge < -0.3 is 9.47 Å². The van der Waals surface area contributed by atoms with Gasteiger partial charge in [-0.05, 0) is 52.2 Å². The molecule has 0 fully saturated rings. The number of benzene rings is 1. The van der Waals surface area contributed by atoms with E-state index in [1.807, 2.05) is 18.2 Å². The Hall–Kier alpha value is -0.710. The summed E-state index contributed by atoms with van der Waals surface area (Å²) in [5.41, 5.74) is 2.19. The zero-order valence-electron chi connectivity index (χ0n) is 10.9. The van der Waals surface area contributed by atoms with Gasteiger partial charge in [0, 0.05) is 4.88 Å². The molecule has 0 aliphatic rings. The first-order chi connectivity index (χ1) is 9.06. The SMILES string of the molecule is COc1ccc(C(Cl)c2cc(C)c(Br)s2)cc1OC. The summed E-state index contributed by atoms with van der Waals surface area (Å²) in [6.07, 6.45) is 0. The summed E-state index contributed by atoms with van der Waals surface area (Å²) < 4.78 is 11.6. The molecule has 1 aromatic carbocycles. The Labute approximate surface area is 130 Å². The van der Waals surface area contributed by atoms with E-state index >= 15 is 0 Å². The Kier molecular flexibility index (Phi) is 4.76. The molecule has 0 N–H and O–H groups in total. The molecule has 19 heavy (non-hydrogen) atoms. The van der Waals surface area contributed by atoms with E-state index in [0.29, 0.717) is 11.5 Å². The molecule has 0 saturated carbocycles. The van der Waals surface area contributed by atoms with Gasteiger partial charge in [-0.3, -0.25) is 0 Å². The van der Waals surface area contributed by atoms with E-state index in [2.05, 4.69) is 28.9 Å². The molecule has 0 spiro atoms. The van der Waals surface area contributed by atoms with Crippen molar-refractivity contribution in [3.05, 3.63) is 44.1 Å². The Bertz CT molecular complexity index is 563. The molecule has 1 atom stereocenters. The molecule has 0 aliphatic heterocycles. The van der Waals surface area contributed by atoms with Crippen molar-refractivity contribution in [1.29, 1.82) is 0 Å². The fourth-order valence-corrected chi connectivity index (χ4v) is 3.69. The number of aryl methyl sites for hydroxylation is 1. The lowest BCUT2D eigenvalue weighted by atomic mass is 10.1. The summed E-state index contributed by atoms with van der Waals surface area (Å²) in [7, 11) is 3.24. The Morgan fingerprint density at radius 2 is 1.84 bits per heavy atom. The van der Waals surface area contributed by atoms with Crippen LogP contribution in [0.15, 0.2) is 28.1 Å². The molecule has 2 aromatic rings. The zero-order valence-corrected chi connectivity index (χ0v) is 14.0. The molecule has 0 aliphatic carbocycles. The van der Waals surface area contributed by atoms with Crippen LogP contribution in [0.2, 0.25) is 0 Å². The van der Waals surface area contributed by atoms with Crippen LogP contribution in [0, 0.1) is 6.92 Å². The Morgan fingerprint density at radius 3 is 2.37 bits per heavy atom. The molecule has 0 saturated heterocycles. The van der Waals surface area contributed by atoms with Crippen LogP contribution in [0.1, 0.15) is 21.4 Å². The van der Waals surface area contributed by atoms with Gasteiger partial charge in [-0.2, -0.15) is 0 Å². The highest BCUT2D eigenvalue weighted by Gasteiger charge is 2.17. The van der Waals surface area contributed by atoms with Gasteiger partial charge in [0.1, 0.15) is 0 Å². The third kappa shape index (κ3) is 3.07. The molecular formula is C14H14BrClO2S. The van der Waals surface area contributed by atoms with Crippen LogP contribution in [0.4, 0.5) is 0 Å². The van der Waals surface area contributed by atoms with Crippen LogP contribution < -0.4 is 9.47 Å². The van der Waals surface area contributed by atoms with Crippen LogP contribution in [-0.2, 0) is 0 Å². The normalized spacial score (nSPS) is 12.3. The first-order valence-electron chi connectivity index (χ1n) is 5.68. The van der Waals surface area contributed by atoms with E-state index < -0.39 is 0 Å². The minimum atomic E-state index is -0.185. The number of thiophene rings is 1. The van der Waals surface area contributed by atoms with Gasteiger partial charge in [-0.25, -0.2) is 0 Å². The lowest BCUT2D eigenvalue weighted by Crippen LogP contribution is -1.95. The van der Waals surface area contributed by atoms with Gasteiger partial charge in [-0.15, -0.1) is 22.9 Å². The number of methoxy groups -OCH3 is 2. The van der Waals surface area contributed by atoms with Crippen LogP contribution >= 0.6 is 38.9 Å². The zero-order chi connectivity index (χ0) is 14.0. The number of hydrogen-bond acceptors (Lipinski definition) is 3. The monoisotopic (exact) mass is 360 g/mol. The lowest BCUT2D eigenvalue weighted by Gasteiger charge is -2.12. The molecule has 1 unspecified atom stereocenters. The number of alkyl halides is 1. The van der Waals surface area contributed by atoms with Crippen LogP contribution in [0.5, 0.6) is 11.5 Å². The van der Waals surface area contributed by atoms with Crippen molar-refractivity contribution in [2.45, 2.75) is 12.3 Å². The van der Waals surface area contributed by atoms with Gasteiger partial charge in [0.15, 0.2) is 11.5 Å². The molecule has 1 heterocycles. The Balaban J connectivity index is 2.35. The minimum absolute atomic E-state index is 0.185. The third-order valence-corrected chi connectivity index (χ3v) is 5.64. The highest BCUT2D eigenvalue weighted by Crippen LogP contribution is 2.40. The topological polar surface area (TPSA) is 18.5 Å². The quantitative estimate of drug-likeness (QED) is 0.700. The molecule has 0 amide bonds. The van der Waals surface area contributed by atoms with Gasteiger partial charge >= 0.3 is 0 Å². The maximum Gasteiger partial charge on any atom is 0.161 e. The van der Waals surface area contributed by atoms with E-state index in [0.717, 1.165) is 14.2 Å². The second-order valence-corrected chi connectivity index (χ2v) is 6.92. The summed E-state index contributed by atoms with van der Waals surface area (Å²) in [4.78, 5) is 1.11. The molecule has 102 valence electrons. The predicted octanol–water partition coefficient (Wildman–Crippen LogP) is 5.16. The number of halogens is 2. The van der Waals surface area contributed by atoms with Crippen molar-refractivity contribution in [2.24, 2.45) is 0 Å². The molecule has 2 rings (SSSR count). The molecule has 5 heteroatoms.